The minimum atomic E-state index is 0.638. The fraction of sp³-hybridized carbons (Fsp3) is 0.529. The van der Waals surface area contributed by atoms with Crippen LogP contribution >= 0.6 is 0 Å². The summed E-state index contributed by atoms with van der Waals surface area (Å²) in [6.45, 7) is 9.19. The molecule has 19 heavy (non-hydrogen) atoms. The summed E-state index contributed by atoms with van der Waals surface area (Å²) in [5, 5.41) is 0. The number of rotatable bonds is 6. The van der Waals surface area contributed by atoms with Crippen LogP contribution in [0.5, 0.6) is 0 Å². The highest BCUT2D eigenvalue weighted by Crippen LogP contribution is 2.34. The molecule has 1 unspecified atom stereocenters. The lowest BCUT2D eigenvalue weighted by atomic mass is 9.85. The maximum atomic E-state index is 6.16. The Bertz CT molecular complexity index is 425. The van der Waals surface area contributed by atoms with Crippen LogP contribution in [0, 0.1) is 0 Å². The number of unbranched alkanes of at least 4 members (excludes halogenated alkanes) is 2. The molecule has 2 heteroatoms. The second-order valence-corrected chi connectivity index (χ2v) is 5.59. The Kier molecular flexibility index (Phi) is 5.03. The van der Waals surface area contributed by atoms with Gasteiger partial charge < -0.3 is 5.73 Å². The summed E-state index contributed by atoms with van der Waals surface area (Å²) in [6.07, 6.45) is 7.20. The molecule has 104 valence electrons. The summed E-state index contributed by atoms with van der Waals surface area (Å²) >= 11 is 0. The molecule has 0 amide bonds. The Labute approximate surface area is 117 Å². The SMILES string of the molecule is C=CCN1Cc2c(N)cccc2C(CCCCC)C1. The summed E-state index contributed by atoms with van der Waals surface area (Å²) in [4.78, 5) is 2.46. The number of nitrogen functional groups attached to an aromatic ring is 1. The third kappa shape index (κ3) is 3.38. The molecular weight excluding hydrogens is 232 g/mol. The van der Waals surface area contributed by atoms with Gasteiger partial charge in [-0.05, 0) is 29.5 Å². The quantitative estimate of drug-likeness (QED) is 0.476. The first-order valence-corrected chi connectivity index (χ1v) is 7.46. The number of hydrogen-bond donors (Lipinski definition) is 1. The average molecular weight is 258 g/mol. The molecule has 1 heterocycles. The van der Waals surface area contributed by atoms with E-state index in [0.29, 0.717) is 5.92 Å². The van der Waals surface area contributed by atoms with Crippen molar-refractivity contribution in [3.05, 3.63) is 42.0 Å². The molecule has 1 aromatic carbocycles. The molecule has 0 saturated carbocycles. The predicted octanol–water partition coefficient (Wildman–Crippen LogP) is 3.93. The van der Waals surface area contributed by atoms with Crippen LogP contribution in [0.15, 0.2) is 30.9 Å². The Balaban J connectivity index is 2.17. The van der Waals surface area contributed by atoms with Gasteiger partial charge in [0.05, 0.1) is 0 Å². The van der Waals surface area contributed by atoms with Crippen molar-refractivity contribution in [3.8, 4) is 0 Å². The zero-order chi connectivity index (χ0) is 13.7. The van der Waals surface area contributed by atoms with E-state index in [9.17, 15) is 0 Å². The zero-order valence-electron chi connectivity index (χ0n) is 12.1. The van der Waals surface area contributed by atoms with Crippen LogP contribution in [0.1, 0.15) is 49.7 Å². The lowest BCUT2D eigenvalue weighted by molar-refractivity contribution is 0.247. The third-order valence-corrected chi connectivity index (χ3v) is 4.09. The average Bonchev–Trinajstić information content (AvgIpc) is 2.40. The molecule has 0 aliphatic carbocycles. The first-order chi connectivity index (χ1) is 9.26. The van der Waals surface area contributed by atoms with Gasteiger partial charge in [0.15, 0.2) is 0 Å². The highest BCUT2D eigenvalue weighted by Gasteiger charge is 2.25. The van der Waals surface area contributed by atoms with Crippen molar-refractivity contribution in [2.45, 2.75) is 45.1 Å². The summed E-state index contributed by atoms with van der Waals surface area (Å²) in [6, 6.07) is 6.40. The molecule has 2 nitrogen and oxygen atoms in total. The molecule has 0 radical (unpaired) electrons. The number of anilines is 1. The lowest BCUT2D eigenvalue weighted by Gasteiger charge is -2.35. The van der Waals surface area contributed by atoms with Gasteiger partial charge in [-0.2, -0.15) is 0 Å². The molecule has 0 spiro atoms. The second-order valence-electron chi connectivity index (χ2n) is 5.59. The summed E-state index contributed by atoms with van der Waals surface area (Å²) in [5.74, 6) is 0.638. The van der Waals surface area contributed by atoms with E-state index in [2.05, 4.69) is 30.5 Å². The van der Waals surface area contributed by atoms with Crippen molar-refractivity contribution in [2.75, 3.05) is 18.8 Å². The van der Waals surface area contributed by atoms with Crippen molar-refractivity contribution in [1.29, 1.82) is 0 Å². The van der Waals surface area contributed by atoms with Crippen LogP contribution in [0.2, 0.25) is 0 Å². The summed E-state index contributed by atoms with van der Waals surface area (Å²) in [5.41, 5.74) is 9.94. The van der Waals surface area contributed by atoms with Gasteiger partial charge in [-0.3, -0.25) is 4.90 Å². The van der Waals surface area contributed by atoms with Gasteiger partial charge in [-0.15, -0.1) is 6.58 Å². The van der Waals surface area contributed by atoms with Crippen LogP contribution in [0.4, 0.5) is 5.69 Å². The van der Waals surface area contributed by atoms with Crippen molar-refractivity contribution in [2.24, 2.45) is 0 Å². The van der Waals surface area contributed by atoms with E-state index < -0.39 is 0 Å². The number of fused-ring (bicyclic) bond motifs is 1. The smallest absolute Gasteiger partial charge is 0.0362 e. The normalized spacial score (nSPS) is 19.1. The van der Waals surface area contributed by atoms with Crippen molar-refractivity contribution in [1.82, 2.24) is 4.90 Å². The summed E-state index contributed by atoms with van der Waals surface area (Å²) in [7, 11) is 0. The first kappa shape index (κ1) is 14.1. The number of benzene rings is 1. The standard InChI is InChI=1S/C17H26N2/c1-3-5-6-8-14-12-19(11-4-2)13-16-15(14)9-7-10-17(16)18/h4,7,9-10,14H,2-3,5-6,8,11-13,18H2,1H3. The van der Waals surface area contributed by atoms with Crippen LogP contribution in [0.3, 0.4) is 0 Å². The van der Waals surface area contributed by atoms with E-state index >= 15 is 0 Å². The Morgan fingerprint density at radius 3 is 3.00 bits per heavy atom. The van der Waals surface area contributed by atoms with E-state index in [4.69, 9.17) is 5.73 Å². The Hall–Kier alpha value is -1.28. The maximum Gasteiger partial charge on any atom is 0.0362 e. The summed E-state index contributed by atoms with van der Waals surface area (Å²) < 4.78 is 0. The van der Waals surface area contributed by atoms with Gasteiger partial charge >= 0.3 is 0 Å². The van der Waals surface area contributed by atoms with Gasteiger partial charge in [0, 0.05) is 25.3 Å². The number of nitrogens with two attached hydrogens (primary N) is 1. The molecular formula is C17H26N2. The van der Waals surface area contributed by atoms with Gasteiger partial charge in [0.25, 0.3) is 0 Å². The van der Waals surface area contributed by atoms with E-state index in [1.165, 1.54) is 36.8 Å². The minimum Gasteiger partial charge on any atom is -0.398 e. The fourth-order valence-electron chi connectivity index (χ4n) is 3.10. The molecule has 1 aliphatic heterocycles. The molecule has 1 atom stereocenters. The zero-order valence-corrected chi connectivity index (χ0v) is 12.1. The van der Waals surface area contributed by atoms with Gasteiger partial charge in [-0.25, -0.2) is 0 Å². The number of hydrogen-bond acceptors (Lipinski definition) is 2. The third-order valence-electron chi connectivity index (χ3n) is 4.09. The maximum absolute atomic E-state index is 6.16. The second kappa shape index (κ2) is 6.76. The Morgan fingerprint density at radius 2 is 2.26 bits per heavy atom. The van der Waals surface area contributed by atoms with Gasteiger partial charge in [0.1, 0.15) is 0 Å². The monoisotopic (exact) mass is 258 g/mol. The molecule has 2 rings (SSSR count). The van der Waals surface area contributed by atoms with E-state index in [0.717, 1.165) is 25.3 Å². The van der Waals surface area contributed by atoms with Crippen molar-refractivity contribution < 1.29 is 0 Å². The molecule has 0 fully saturated rings. The van der Waals surface area contributed by atoms with Crippen LogP contribution in [-0.2, 0) is 6.54 Å². The van der Waals surface area contributed by atoms with Gasteiger partial charge in [-0.1, -0.05) is 44.4 Å². The molecule has 0 bridgehead atoms. The molecule has 0 aromatic heterocycles. The highest BCUT2D eigenvalue weighted by molar-refractivity contribution is 5.53. The molecule has 1 aromatic rings. The van der Waals surface area contributed by atoms with Gasteiger partial charge in [0.2, 0.25) is 0 Å². The predicted molar refractivity (Wildman–Crippen MR) is 83.2 cm³/mol. The van der Waals surface area contributed by atoms with E-state index in [1.807, 2.05) is 12.1 Å². The molecule has 0 saturated heterocycles. The Morgan fingerprint density at radius 1 is 1.42 bits per heavy atom. The van der Waals surface area contributed by atoms with Crippen LogP contribution in [-0.4, -0.2) is 18.0 Å². The topological polar surface area (TPSA) is 29.3 Å². The number of nitrogens with zero attached hydrogens (tertiary/aromatic N) is 1. The highest BCUT2D eigenvalue weighted by atomic mass is 15.1. The first-order valence-electron chi connectivity index (χ1n) is 7.46. The largest absolute Gasteiger partial charge is 0.398 e. The van der Waals surface area contributed by atoms with Crippen LogP contribution in [0.25, 0.3) is 0 Å². The molecule has 2 N–H and O–H groups in total. The van der Waals surface area contributed by atoms with E-state index in [-0.39, 0.29) is 0 Å². The van der Waals surface area contributed by atoms with Crippen molar-refractivity contribution >= 4 is 5.69 Å². The molecule has 1 aliphatic rings. The fourth-order valence-corrected chi connectivity index (χ4v) is 3.10. The van der Waals surface area contributed by atoms with Crippen molar-refractivity contribution in [3.63, 3.8) is 0 Å². The lowest BCUT2D eigenvalue weighted by Crippen LogP contribution is -2.34. The van der Waals surface area contributed by atoms with E-state index in [1.54, 1.807) is 0 Å². The minimum absolute atomic E-state index is 0.638. The van der Waals surface area contributed by atoms with Crippen LogP contribution < -0.4 is 5.73 Å².